The maximum Gasteiger partial charge on any atom is 0.255 e. The van der Waals surface area contributed by atoms with E-state index in [0.717, 1.165) is 22.8 Å². The van der Waals surface area contributed by atoms with Gasteiger partial charge in [-0.05, 0) is 46.5 Å². The van der Waals surface area contributed by atoms with Crippen molar-refractivity contribution in [2.24, 2.45) is 0 Å². The Morgan fingerprint density at radius 1 is 0.933 bits per heavy atom. The topological polar surface area (TPSA) is 42.4 Å². The van der Waals surface area contributed by atoms with E-state index < -0.39 is 0 Å². The molecule has 0 unspecified atom stereocenters. The van der Waals surface area contributed by atoms with Crippen LogP contribution in [0.5, 0.6) is 5.75 Å². The van der Waals surface area contributed by atoms with Crippen molar-refractivity contribution >= 4 is 16.7 Å². The molecule has 4 heteroatoms. The number of carbonyl (C=O) groups excluding carboxylic acids is 1. The lowest BCUT2D eigenvalue weighted by Gasteiger charge is -2.37. The summed E-state index contributed by atoms with van der Waals surface area (Å²) in [5, 5.41) is 2.06. The summed E-state index contributed by atoms with van der Waals surface area (Å²) in [6.45, 7) is 1.01. The van der Waals surface area contributed by atoms with Crippen LogP contribution in [-0.2, 0) is 13.0 Å². The van der Waals surface area contributed by atoms with E-state index in [1.54, 1.807) is 12.4 Å². The van der Waals surface area contributed by atoms with Crippen LogP contribution < -0.4 is 4.74 Å². The highest BCUT2D eigenvalue weighted by Crippen LogP contribution is 2.28. The molecule has 3 aromatic carbocycles. The number of ether oxygens (including phenoxy) is 1. The van der Waals surface area contributed by atoms with Crippen LogP contribution in [0.4, 0.5) is 0 Å². The number of benzene rings is 3. The Morgan fingerprint density at radius 3 is 2.60 bits per heavy atom. The number of hydrogen-bond acceptors (Lipinski definition) is 3. The molecule has 0 saturated carbocycles. The van der Waals surface area contributed by atoms with E-state index in [1.807, 2.05) is 65.6 Å². The molecule has 1 aromatic heterocycles. The minimum absolute atomic E-state index is 0.0427. The summed E-state index contributed by atoms with van der Waals surface area (Å²) >= 11 is 0. The summed E-state index contributed by atoms with van der Waals surface area (Å²) < 4.78 is 6.01. The number of fused-ring (bicyclic) bond motifs is 2. The monoisotopic (exact) mass is 394 g/mol. The largest absolute Gasteiger partial charge is 0.490 e. The minimum Gasteiger partial charge on any atom is -0.490 e. The van der Waals surface area contributed by atoms with Gasteiger partial charge in [0.15, 0.2) is 0 Å². The maximum absolute atomic E-state index is 13.7. The molecule has 30 heavy (non-hydrogen) atoms. The third-order valence-corrected chi connectivity index (χ3v) is 5.71. The molecule has 0 spiro atoms. The first-order chi connectivity index (χ1) is 14.8. The maximum atomic E-state index is 13.7. The van der Waals surface area contributed by atoms with Crippen LogP contribution in [0.15, 0.2) is 91.3 Å². The number of nitrogens with zero attached hydrogens (tertiary/aromatic N) is 2. The first-order valence-electron chi connectivity index (χ1n) is 10.2. The predicted octanol–water partition coefficient (Wildman–Crippen LogP) is 4.88. The third kappa shape index (κ3) is 3.52. The van der Waals surface area contributed by atoms with Crippen LogP contribution in [0.25, 0.3) is 10.8 Å². The zero-order chi connectivity index (χ0) is 20.3. The van der Waals surface area contributed by atoms with E-state index in [2.05, 4.69) is 23.2 Å². The van der Waals surface area contributed by atoms with Crippen molar-refractivity contribution in [2.75, 3.05) is 6.61 Å². The van der Waals surface area contributed by atoms with Crippen LogP contribution in [0.2, 0.25) is 0 Å². The lowest BCUT2D eigenvalue weighted by Crippen LogP contribution is -2.47. The second-order valence-corrected chi connectivity index (χ2v) is 7.59. The van der Waals surface area contributed by atoms with Gasteiger partial charge < -0.3 is 9.64 Å². The molecule has 4 nitrogen and oxygen atoms in total. The Balaban J connectivity index is 1.48. The summed E-state index contributed by atoms with van der Waals surface area (Å²) in [6, 6.07) is 26.0. The summed E-state index contributed by atoms with van der Waals surface area (Å²) in [7, 11) is 0. The van der Waals surface area contributed by atoms with Gasteiger partial charge in [-0.1, -0.05) is 60.7 Å². The molecule has 1 atom stereocenters. The van der Waals surface area contributed by atoms with E-state index in [4.69, 9.17) is 4.74 Å². The first-order valence-corrected chi connectivity index (χ1v) is 10.2. The molecule has 1 amide bonds. The summed E-state index contributed by atoms with van der Waals surface area (Å²) in [6.07, 6.45) is 4.20. The lowest BCUT2D eigenvalue weighted by molar-refractivity contribution is 0.0568. The molecule has 5 rings (SSSR count). The van der Waals surface area contributed by atoms with E-state index >= 15 is 0 Å². The fourth-order valence-corrected chi connectivity index (χ4v) is 4.17. The van der Waals surface area contributed by atoms with Crippen molar-refractivity contribution < 1.29 is 9.53 Å². The standard InChI is InChI=1S/C26H22N2O2/c29-26(25-13-5-10-19-7-3-4-12-24(19)25)28-17-21-9-2-1-8-20(21)15-22(28)18-30-23-11-6-14-27-16-23/h1-14,16,22H,15,17-18H2/t22-/m0/s1. The quantitative estimate of drug-likeness (QED) is 0.495. The Morgan fingerprint density at radius 2 is 1.73 bits per heavy atom. The normalized spacial score (nSPS) is 15.6. The summed E-state index contributed by atoms with van der Waals surface area (Å²) in [5.74, 6) is 0.759. The molecule has 0 aliphatic carbocycles. The van der Waals surface area contributed by atoms with Crippen LogP contribution >= 0.6 is 0 Å². The van der Waals surface area contributed by atoms with E-state index in [-0.39, 0.29) is 11.9 Å². The van der Waals surface area contributed by atoms with Crippen LogP contribution in [0, 0.1) is 0 Å². The number of rotatable bonds is 4. The van der Waals surface area contributed by atoms with Crippen molar-refractivity contribution in [3.63, 3.8) is 0 Å². The van der Waals surface area contributed by atoms with Crippen LogP contribution in [0.3, 0.4) is 0 Å². The molecule has 0 fully saturated rings. The summed E-state index contributed by atoms with van der Waals surface area (Å²) in [4.78, 5) is 19.8. The van der Waals surface area contributed by atoms with Crippen molar-refractivity contribution in [3.05, 3.63) is 108 Å². The van der Waals surface area contributed by atoms with Gasteiger partial charge in [-0.2, -0.15) is 0 Å². The molecule has 148 valence electrons. The van der Waals surface area contributed by atoms with Crippen molar-refractivity contribution in [3.8, 4) is 5.75 Å². The smallest absolute Gasteiger partial charge is 0.255 e. The SMILES string of the molecule is O=C(c1cccc2ccccc12)N1Cc2ccccc2C[C@H]1COc1cccnc1. The number of carbonyl (C=O) groups is 1. The number of amides is 1. The minimum atomic E-state index is -0.0495. The molecule has 2 heterocycles. The van der Waals surface area contributed by atoms with Crippen LogP contribution in [-0.4, -0.2) is 28.4 Å². The lowest BCUT2D eigenvalue weighted by atomic mass is 9.93. The number of aromatic nitrogens is 1. The van der Waals surface area contributed by atoms with Crippen LogP contribution in [0.1, 0.15) is 21.5 Å². The van der Waals surface area contributed by atoms with Gasteiger partial charge in [0.2, 0.25) is 0 Å². The van der Waals surface area contributed by atoms with E-state index in [0.29, 0.717) is 18.9 Å². The highest BCUT2D eigenvalue weighted by Gasteiger charge is 2.31. The van der Waals surface area contributed by atoms with Gasteiger partial charge in [0.05, 0.1) is 12.2 Å². The zero-order valence-corrected chi connectivity index (χ0v) is 16.6. The van der Waals surface area contributed by atoms with Gasteiger partial charge in [-0.25, -0.2) is 0 Å². The average molecular weight is 394 g/mol. The second kappa shape index (κ2) is 7.99. The highest BCUT2D eigenvalue weighted by molar-refractivity contribution is 6.07. The molecule has 1 aliphatic rings. The molecular weight excluding hydrogens is 372 g/mol. The molecule has 0 saturated heterocycles. The number of pyridine rings is 1. The molecular formula is C26H22N2O2. The Bertz CT molecular complexity index is 1180. The molecule has 1 aliphatic heterocycles. The molecule has 0 radical (unpaired) electrons. The van der Waals surface area contributed by atoms with Gasteiger partial charge in [-0.15, -0.1) is 0 Å². The predicted molar refractivity (Wildman–Crippen MR) is 117 cm³/mol. The molecule has 0 bridgehead atoms. The van der Waals surface area contributed by atoms with E-state index in [9.17, 15) is 4.79 Å². The first kappa shape index (κ1) is 18.4. The van der Waals surface area contributed by atoms with Gasteiger partial charge in [0.25, 0.3) is 5.91 Å². The number of hydrogen-bond donors (Lipinski definition) is 0. The Hall–Kier alpha value is -3.66. The Labute approximate surface area is 175 Å². The fraction of sp³-hybridized carbons (Fsp3) is 0.154. The second-order valence-electron chi connectivity index (χ2n) is 7.59. The third-order valence-electron chi connectivity index (χ3n) is 5.71. The zero-order valence-electron chi connectivity index (χ0n) is 16.6. The highest BCUT2D eigenvalue weighted by atomic mass is 16.5. The summed E-state index contributed by atoms with van der Waals surface area (Å²) in [5.41, 5.74) is 3.21. The molecule has 0 N–H and O–H groups in total. The van der Waals surface area contributed by atoms with Crippen molar-refractivity contribution in [2.45, 2.75) is 19.0 Å². The average Bonchev–Trinajstić information content (AvgIpc) is 2.82. The van der Waals surface area contributed by atoms with Crippen molar-refractivity contribution in [1.29, 1.82) is 0 Å². The van der Waals surface area contributed by atoms with Gasteiger partial charge in [0, 0.05) is 18.3 Å². The van der Waals surface area contributed by atoms with Gasteiger partial charge >= 0.3 is 0 Å². The van der Waals surface area contributed by atoms with Gasteiger partial charge in [-0.3, -0.25) is 9.78 Å². The fourth-order valence-electron chi connectivity index (χ4n) is 4.17. The van der Waals surface area contributed by atoms with E-state index in [1.165, 1.54) is 11.1 Å². The van der Waals surface area contributed by atoms with Crippen molar-refractivity contribution in [1.82, 2.24) is 9.88 Å². The van der Waals surface area contributed by atoms with Gasteiger partial charge in [0.1, 0.15) is 12.4 Å². The Kier molecular flexibility index (Phi) is 4.89. The molecule has 4 aromatic rings.